The van der Waals surface area contributed by atoms with Gasteiger partial charge in [0.2, 0.25) is 0 Å². The molecule has 0 unspecified atom stereocenters. The van der Waals surface area contributed by atoms with Gasteiger partial charge >= 0.3 is 0 Å². The highest BCUT2D eigenvalue weighted by atomic mass is 127. The van der Waals surface area contributed by atoms with E-state index in [-0.39, 0.29) is 10.6 Å². The molecular formula is C12H10ClIN2O2S. The summed E-state index contributed by atoms with van der Waals surface area (Å²) < 4.78 is 27.9. The molecule has 0 heterocycles. The number of rotatable bonds is 3. The molecule has 19 heavy (non-hydrogen) atoms. The molecule has 0 aliphatic carbocycles. The molecule has 0 atom stereocenters. The Hall–Kier alpha value is -0.990. The molecule has 0 amide bonds. The van der Waals surface area contributed by atoms with Gasteiger partial charge < -0.3 is 5.73 Å². The first-order valence-electron chi connectivity index (χ1n) is 5.22. The van der Waals surface area contributed by atoms with Crippen LogP contribution in [0.25, 0.3) is 0 Å². The molecular weight excluding hydrogens is 399 g/mol. The molecule has 2 aromatic rings. The minimum atomic E-state index is -3.74. The number of sulfonamides is 1. The van der Waals surface area contributed by atoms with E-state index in [0.29, 0.717) is 10.7 Å². The number of hydrogen-bond donors (Lipinski definition) is 2. The summed E-state index contributed by atoms with van der Waals surface area (Å²) in [5, 5.41) is 0.317. The maximum absolute atomic E-state index is 12.2. The standard InChI is InChI=1S/C12H10ClIN2O2S/c13-8-1-6-11(15)12(7-8)19(17,18)16-10-4-2-9(14)3-5-10/h1-7,16H,15H2. The lowest BCUT2D eigenvalue weighted by atomic mass is 10.3. The predicted octanol–water partition coefficient (Wildman–Crippen LogP) is 3.33. The topological polar surface area (TPSA) is 72.2 Å². The maximum Gasteiger partial charge on any atom is 0.263 e. The fraction of sp³-hybridized carbons (Fsp3) is 0. The van der Waals surface area contributed by atoms with Gasteiger partial charge in [0, 0.05) is 14.3 Å². The normalized spacial score (nSPS) is 11.3. The first-order valence-corrected chi connectivity index (χ1v) is 8.16. The largest absolute Gasteiger partial charge is 0.398 e. The molecule has 0 saturated heterocycles. The molecule has 0 aromatic heterocycles. The van der Waals surface area contributed by atoms with E-state index < -0.39 is 10.0 Å². The number of anilines is 2. The van der Waals surface area contributed by atoms with Gasteiger partial charge in [-0.3, -0.25) is 4.72 Å². The van der Waals surface area contributed by atoms with Crippen molar-refractivity contribution in [2.75, 3.05) is 10.5 Å². The van der Waals surface area contributed by atoms with Gasteiger partial charge in [-0.05, 0) is 65.1 Å². The second kappa shape index (κ2) is 5.56. The van der Waals surface area contributed by atoms with E-state index in [4.69, 9.17) is 17.3 Å². The Labute approximate surface area is 130 Å². The minimum Gasteiger partial charge on any atom is -0.398 e. The van der Waals surface area contributed by atoms with Crippen LogP contribution >= 0.6 is 34.2 Å². The summed E-state index contributed by atoms with van der Waals surface area (Å²) in [4.78, 5) is -0.0291. The fourth-order valence-electron chi connectivity index (χ4n) is 1.47. The van der Waals surface area contributed by atoms with E-state index in [2.05, 4.69) is 27.3 Å². The average molecular weight is 409 g/mol. The van der Waals surface area contributed by atoms with E-state index in [1.165, 1.54) is 12.1 Å². The predicted molar refractivity (Wildman–Crippen MR) is 85.8 cm³/mol. The van der Waals surface area contributed by atoms with Gasteiger partial charge in [0.15, 0.2) is 0 Å². The molecule has 2 aromatic carbocycles. The van der Waals surface area contributed by atoms with Crippen LogP contribution in [0.5, 0.6) is 0 Å². The van der Waals surface area contributed by atoms with Crippen molar-refractivity contribution in [3.8, 4) is 0 Å². The zero-order valence-corrected chi connectivity index (χ0v) is 13.3. The third kappa shape index (κ3) is 3.52. The van der Waals surface area contributed by atoms with Crippen LogP contribution in [-0.2, 0) is 10.0 Å². The molecule has 7 heteroatoms. The molecule has 3 N–H and O–H groups in total. The SMILES string of the molecule is Nc1ccc(Cl)cc1S(=O)(=O)Nc1ccc(I)cc1. The molecule has 0 saturated carbocycles. The summed E-state index contributed by atoms with van der Waals surface area (Å²) in [5.74, 6) is 0. The zero-order chi connectivity index (χ0) is 14.0. The Balaban J connectivity index is 2.37. The number of halogens is 2. The molecule has 2 rings (SSSR count). The lowest BCUT2D eigenvalue weighted by Crippen LogP contribution is -2.14. The van der Waals surface area contributed by atoms with E-state index in [0.717, 1.165) is 3.57 Å². The van der Waals surface area contributed by atoms with Gasteiger partial charge in [0.25, 0.3) is 10.0 Å². The molecule has 0 aliphatic rings. The van der Waals surface area contributed by atoms with Crippen LogP contribution in [0, 0.1) is 3.57 Å². The summed E-state index contributed by atoms with van der Waals surface area (Å²) in [6, 6.07) is 11.3. The van der Waals surface area contributed by atoms with Crippen LogP contribution in [0.2, 0.25) is 5.02 Å². The summed E-state index contributed by atoms with van der Waals surface area (Å²) >= 11 is 7.94. The van der Waals surface area contributed by atoms with E-state index in [9.17, 15) is 8.42 Å². The first-order chi connectivity index (χ1) is 8.88. The first kappa shape index (κ1) is 14.4. The molecule has 0 radical (unpaired) electrons. The third-order valence-corrected chi connectivity index (χ3v) is 4.75. The van der Waals surface area contributed by atoms with E-state index >= 15 is 0 Å². The van der Waals surface area contributed by atoms with Crippen LogP contribution < -0.4 is 10.5 Å². The van der Waals surface area contributed by atoms with Gasteiger partial charge in [-0.15, -0.1) is 0 Å². The quantitative estimate of drug-likeness (QED) is 0.604. The molecule has 0 bridgehead atoms. The second-order valence-electron chi connectivity index (χ2n) is 3.79. The number of benzene rings is 2. The van der Waals surface area contributed by atoms with Gasteiger partial charge in [0.1, 0.15) is 4.90 Å². The minimum absolute atomic E-state index is 0.0291. The zero-order valence-electron chi connectivity index (χ0n) is 9.60. The number of nitrogen functional groups attached to an aromatic ring is 1. The van der Waals surface area contributed by atoms with Gasteiger partial charge in [0.05, 0.1) is 5.69 Å². The monoisotopic (exact) mass is 408 g/mol. The van der Waals surface area contributed by atoms with E-state index in [1.807, 2.05) is 0 Å². The highest BCUT2D eigenvalue weighted by Crippen LogP contribution is 2.25. The van der Waals surface area contributed by atoms with E-state index in [1.54, 1.807) is 30.3 Å². The van der Waals surface area contributed by atoms with Crippen molar-refractivity contribution in [2.24, 2.45) is 0 Å². The maximum atomic E-state index is 12.2. The lowest BCUT2D eigenvalue weighted by molar-refractivity contribution is 0.601. The fourth-order valence-corrected chi connectivity index (χ4v) is 3.28. The number of nitrogens with one attached hydrogen (secondary N) is 1. The lowest BCUT2D eigenvalue weighted by Gasteiger charge is -2.10. The molecule has 0 aliphatic heterocycles. The summed E-state index contributed by atoms with van der Waals surface area (Å²) in [6.07, 6.45) is 0. The van der Waals surface area contributed by atoms with Crippen LogP contribution in [0.15, 0.2) is 47.4 Å². The van der Waals surface area contributed by atoms with Gasteiger partial charge in [-0.25, -0.2) is 8.42 Å². The molecule has 4 nitrogen and oxygen atoms in total. The van der Waals surface area contributed by atoms with Crippen molar-refractivity contribution < 1.29 is 8.42 Å². The van der Waals surface area contributed by atoms with Crippen LogP contribution in [0.4, 0.5) is 11.4 Å². The van der Waals surface area contributed by atoms with Crippen molar-refractivity contribution in [3.05, 3.63) is 51.1 Å². The Kier molecular flexibility index (Phi) is 4.22. The summed E-state index contributed by atoms with van der Waals surface area (Å²) in [7, 11) is -3.74. The van der Waals surface area contributed by atoms with Crippen molar-refractivity contribution in [2.45, 2.75) is 4.90 Å². The third-order valence-electron chi connectivity index (χ3n) is 2.36. The van der Waals surface area contributed by atoms with Gasteiger partial charge in [-0.1, -0.05) is 11.6 Å². The molecule has 0 fully saturated rings. The van der Waals surface area contributed by atoms with Gasteiger partial charge in [-0.2, -0.15) is 0 Å². The Morgan fingerprint density at radius 1 is 1.11 bits per heavy atom. The van der Waals surface area contributed by atoms with Crippen molar-refractivity contribution >= 4 is 55.6 Å². The number of hydrogen-bond acceptors (Lipinski definition) is 3. The Bertz CT molecular complexity index is 702. The molecule has 0 spiro atoms. The van der Waals surface area contributed by atoms with Crippen molar-refractivity contribution in [1.29, 1.82) is 0 Å². The number of nitrogens with two attached hydrogens (primary N) is 1. The highest BCUT2D eigenvalue weighted by Gasteiger charge is 2.18. The Morgan fingerprint density at radius 2 is 1.74 bits per heavy atom. The van der Waals surface area contributed by atoms with Crippen LogP contribution in [0.3, 0.4) is 0 Å². The summed E-state index contributed by atoms with van der Waals surface area (Å²) in [5.41, 5.74) is 6.30. The average Bonchev–Trinajstić information content (AvgIpc) is 2.35. The van der Waals surface area contributed by atoms with Crippen molar-refractivity contribution in [1.82, 2.24) is 0 Å². The van der Waals surface area contributed by atoms with Crippen molar-refractivity contribution in [3.63, 3.8) is 0 Å². The van der Waals surface area contributed by atoms with Crippen LogP contribution in [-0.4, -0.2) is 8.42 Å². The van der Waals surface area contributed by atoms with Crippen LogP contribution in [0.1, 0.15) is 0 Å². The smallest absolute Gasteiger partial charge is 0.263 e. The Morgan fingerprint density at radius 3 is 2.37 bits per heavy atom. The molecule has 100 valence electrons. The summed E-state index contributed by atoms with van der Waals surface area (Å²) in [6.45, 7) is 0. The second-order valence-corrected chi connectivity index (χ2v) is 7.13. The highest BCUT2D eigenvalue weighted by molar-refractivity contribution is 14.1.